The Balaban J connectivity index is 1.94. The summed E-state index contributed by atoms with van der Waals surface area (Å²) in [5.41, 5.74) is -0.101. The summed E-state index contributed by atoms with van der Waals surface area (Å²) in [7, 11) is 0. The summed E-state index contributed by atoms with van der Waals surface area (Å²) in [6, 6.07) is 2.49. The molecule has 1 aromatic rings. The van der Waals surface area contributed by atoms with Crippen molar-refractivity contribution in [2.45, 2.75) is 45.1 Å². The molecule has 0 radical (unpaired) electrons. The van der Waals surface area contributed by atoms with Gasteiger partial charge in [-0.2, -0.15) is 0 Å². The van der Waals surface area contributed by atoms with E-state index in [9.17, 15) is 13.6 Å². The first kappa shape index (κ1) is 14.1. The summed E-state index contributed by atoms with van der Waals surface area (Å²) in [5.74, 6) is -1.97. The van der Waals surface area contributed by atoms with Gasteiger partial charge in [-0.3, -0.25) is 4.79 Å². The molecular weight excluding hydrogens is 250 g/mol. The Hall–Kier alpha value is -1.29. The van der Waals surface area contributed by atoms with Crippen molar-refractivity contribution in [3.63, 3.8) is 0 Å². The molecule has 1 aliphatic rings. The second kappa shape index (κ2) is 6.24. The van der Waals surface area contributed by atoms with Gasteiger partial charge in [-0.1, -0.05) is 6.07 Å². The second-order valence-corrected chi connectivity index (χ2v) is 5.00. The zero-order valence-corrected chi connectivity index (χ0v) is 11.0. The van der Waals surface area contributed by atoms with Gasteiger partial charge >= 0.3 is 0 Å². The monoisotopic (exact) mass is 268 g/mol. The van der Waals surface area contributed by atoms with Crippen molar-refractivity contribution >= 4 is 5.78 Å². The van der Waals surface area contributed by atoms with Gasteiger partial charge in [0, 0.05) is 13.0 Å². The van der Waals surface area contributed by atoms with E-state index in [2.05, 4.69) is 0 Å². The first-order chi connectivity index (χ1) is 9.09. The molecule has 1 unspecified atom stereocenters. The number of hydrogen-bond donors (Lipinski definition) is 0. The number of Topliss-reactive ketones (excluding diaryl/α,β-unsaturated/α-hetero) is 1. The number of halogens is 2. The van der Waals surface area contributed by atoms with Crippen LogP contribution >= 0.6 is 0 Å². The standard InChI is InChI=1S/C15H18F2O2/c1-10-7-8-12(16)14(15(10)17)13(18)6-2-4-11-5-3-9-19-11/h7-8,11H,2-6,9H2,1H3. The lowest BCUT2D eigenvalue weighted by Gasteiger charge is -2.09. The SMILES string of the molecule is Cc1ccc(F)c(C(=O)CCCC2CCCO2)c1F. The van der Waals surface area contributed by atoms with Crippen LogP contribution in [-0.4, -0.2) is 18.5 Å². The molecule has 1 aliphatic heterocycles. The predicted octanol–water partition coefficient (Wildman–Crippen LogP) is 3.81. The number of benzene rings is 1. The molecule has 4 heteroatoms. The van der Waals surface area contributed by atoms with Gasteiger partial charge in [0.25, 0.3) is 0 Å². The van der Waals surface area contributed by atoms with Crippen molar-refractivity contribution in [2.75, 3.05) is 6.61 Å². The van der Waals surface area contributed by atoms with Crippen molar-refractivity contribution in [1.29, 1.82) is 0 Å². The Morgan fingerprint density at radius 1 is 1.42 bits per heavy atom. The van der Waals surface area contributed by atoms with E-state index in [4.69, 9.17) is 4.74 Å². The molecule has 1 atom stereocenters. The van der Waals surface area contributed by atoms with E-state index in [1.54, 1.807) is 0 Å². The molecule has 1 aromatic carbocycles. The quantitative estimate of drug-likeness (QED) is 0.759. The molecule has 0 amide bonds. The lowest BCUT2D eigenvalue weighted by molar-refractivity contribution is 0.0917. The average molecular weight is 268 g/mol. The number of carbonyl (C=O) groups excluding carboxylic acids is 1. The topological polar surface area (TPSA) is 26.3 Å². The maximum Gasteiger partial charge on any atom is 0.168 e. The summed E-state index contributed by atoms with van der Waals surface area (Å²) in [5, 5.41) is 0. The fourth-order valence-electron chi connectivity index (χ4n) is 2.40. The van der Waals surface area contributed by atoms with Gasteiger partial charge in [-0.05, 0) is 44.2 Å². The molecule has 0 saturated carbocycles. The maximum absolute atomic E-state index is 13.8. The van der Waals surface area contributed by atoms with Crippen LogP contribution in [0.3, 0.4) is 0 Å². The maximum atomic E-state index is 13.8. The zero-order chi connectivity index (χ0) is 13.8. The Bertz CT molecular complexity index is 465. The zero-order valence-electron chi connectivity index (χ0n) is 11.0. The molecule has 1 heterocycles. The molecule has 0 bridgehead atoms. The van der Waals surface area contributed by atoms with Gasteiger partial charge < -0.3 is 4.74 Å². The highest BCUT2D eigenvalue weighted by Gasteiger charge is 2.20. The van der Waals surface area contributed by atoms with Gasteiger partial charge in [-0.15, -0.1) is 0 Å². The van der Waals surface area contributed by atoms with Crippen molar-refractivity contribution in [2.24, 2.45) is 0 Å². The third-order valence-electron chi connectivity index (χ3n) is 3.52. The molecule has 0 spiro atoms. The average Bonchev–Trinajstić information content (AvgIpc) is 2.87. The molecule has 0 aromatic heterocycles. The highest BCUT2D eigenvalue weighted by Crippen LogP contribution is 2.21. The number of carbonyl (C=O) groups is 1. The highest BCUT2D eigenvalue weighted by atomic mass is 19.1. The first-order valence-corrected chi connectivity index (χ1v) is 6.69. The Kier molecular flexibility index (Phi) is 4.64. The lowest BCUT2D eigenvalue weighted by Crippen LogP contribution is -2.10. The van der Waals surface area contributed by atoms with Crippen LogP contribution in [0, 0.1) is 18.6 Å². The van der Waals surface area contributed by atoms with Crippen molar-refractivity contribution < 1.29 is 18.3 Å². The van der Waals surface area contributed by atoms with Crippen LogP contribution < -0.4 is 0 Å². The predicted molar refractivity (Wildman–Crippen MR) is 68.3 cm³/mol. The van der Waals surface area contributed by atoms with E-state index < -0.39 is 23.0 Å². The van der Waals surface area contributed by atoms with Gasteiger partial charge in [0.1, 0.15) is 11.6 Å². The number of ether oxygens (including phenoxy) is 1. The fourth-order valence-corrected chi connectivity index (χ4v) is 2.40. The molecular formula is C15H18F2O2. The molecule has 104 valence electrons. The number of hydrogen-bond acceptors (Lipinski definition) is 2. The smallest absolute Gasteiger partial charge is 0.168 e. The summed E-state index contributed by atoms with van der Waals surface area (Å²) in [6.07, 6.45) is 3.83. The molecule has 2 rings (SSSR count). The lowest BCUT2D eigenvalue weighted by atomic mass is 10.0. The van der Waals surface area contributed by atoms with E-state index >= 15 is 0 Å². The van der Waals surface area contributed by atoms with Gasteiger partial charge in [0.2, 0.25) is 0 Å². The van der Waals surface area contributed by atoms with E-state index in [0.29, 0.717) is 12.0 Å². The number of aryl methyl sites for hydroxylation is 1. The third kappa shape index (κ3) is 3.38. The van der Waals surface area contributed by atoms with Crippen LogP contribution in [0.25, 0.3) is 0 Å². The van der Waals surface area contributed by atoms with E-state index in [-0.39, 0.29) is 12.5 Å². The molecule has 0 aliphatic carbocycles. The Labute approximate surface area is 111 Å². The highest BCUT2D eigenvalue weighted by molar-refractivity contribution is 5.96. The van der Waals surface area contributed by atoms with E-state index in [1.807, 2.05) is 0 Å². The van der Waals surface area contributed by atoms with Crippen LogP contribution in [0.15, 0.2) is 12.1 Å². The van der Waals surface area contributed by atoms with Gasteiger partial charge in [-0.25, -0.2) is 8.78 Å². The normalized spacial score (nSPS) is 18.8. The molecule has 19 heavy (non-hydrogen) atoms. The summed E-state index contributed by atoms with van der Waals surface area (Å²) in [6.45, 7) is 2.30. The van der Waals surface area contributed by atoms with E-state index in [0.717, 1.165) is 31.9 Å². The minimum Gasteiger partial charge on any atom is -0.378 e. The fraction of sp³-hybridized carbons (Fsp3) is 0.533. The van der Waals surface area contributed by atoms with Crippen LogP contribution in [-0.2, 0) is 4.74 Å². The largest absolute Gasteiger partial charge is 0.378 e. The van der Waals surface area contributed by atoms with Crippen LogP contribution in [0.2, 0.25) is 0 Å². The van der Waals surface area contributed by atoms with Crippen LogP contribution in [0.4, 0.5) is 8.78 Å². The molecule has 2 nitrogen and oxygen atoms in total. The second-order valence-electron chi connectivity index (χ2n) is 5.00. The van der Waals surface area contributed by atoms with E-state index in [1.165, 1.54) is 13.0 Å². The molecule has 1 saturated heterocycles. The van der Waals surface area contributed by atoms with Gasteiger partial charge in [0.05, 0.1) is 11.7 Å². The summed E-state index contributed by atoms with van der Waals surface area (Å²) >= 11 is 0. The Morgan fingerprint density at radius 2 is 2.21 bits per heavy atom. The summed E-state index contributed by atoms with van der Waals surface area (Å²) < 4.78 is 32.7. The summed E-state index contributed by atoms with van der Waals surface area (Å²) in [4.78, 5) is 11.9. The number of rotatable bonds is 5. The third-order valence-corrected chi connectivity index (χ3v) is 3.52. The minimum absolute atomic E-state index is 0.164. The van der Waals surface area contributed by atoms with Gasteiger partial charge in [0.15, 0.2) is 5.78 Å². The van der Waals surface area contributed by atoms with Crippen molar-refractivity contribution in [1.82, 2.24) is 0 Å². The molecule has 1 fully saturated rings. The Morgan fingerprint density at radius 3 is 2.89 bits per heavy atom. The van der Waals surface area contributed by atoms with Crippen molar-refractivity contribution in [3.05, 3.63) is 34.9 Å². The first-order valence-electron chi connectivity index (χ1n) is 6.69. The van der Waals surface area contributed by atoms with Crippen molar-refractivity contribution in [3.8, 4) is 0 Å². The molecule has 0 N–H and O–H groups in total. The number of ketones is 1. The van der Waals surface area contributed by atoms with Crippen LogP contribution in [0.5, 0.6) is 0 Å². The van der Waals surface area contributed by atoms with Crippen LogP contribution in [0.1, 0.15) is 48.0 Å². The minimum atomic E-state index is -0.773.